The smallest absolute Gasteiger partial charge is 0.365 e. The van der Waals surface area contributed by atoms with Gasteiger partial charge in [-0.1, -0.05) is 18.2 Å². The number of rotatable bonds is 5. The lowest BCUT2D eigenvalue weighted by atomic mass is 9.97. The number of Topliss-reactive ketones (excluding diaryl/α,β-unsaturated/α-hetero) is 1. The summed E-state index contributed by atoms with van der Waals surface area (Å²) in [5, 5.41) is 22.0. The van der Waals surface area contributed by atoms with Crippen molar-refractivity contribution in [3.63, 3.8) is 0 Å². The molecule has 0 unspecified atom stereocenters. The van der Waals surface area contributed by atoms with Crippen molar-refractivity contribution in [1.82, 2.24) is 0 Å². The van der Waals surface area contributed by atoms with Crippen molar-refractivity contribution in [3.05, 3.63) is 65.7 Å². The molecule has 3 rings (SSSR count). The first-order chi connectivity index (χ1) is 13.9. The molecular formula is C21H19NO7. The summed E-state index contributed by atoms with van der Waals surface area (Å²) in [6, 6.07) is 13.6. The van der Waals surface area contributed by atoms with E-state index in [1.54, 1.807) is 30.3 Å². The highest BCUT2D eigenvalue weighted by molar-refractivity contribution is 6.54. The van der Waals surface area contributed by atoms with Gasteiger partial charge >= 0.3 is 11.9 Å². The van der Waals surface area contributed by atoms with Gasteiger partial charge < -0.3 is 19.7 Å². The van der Waals surface area contributed by atoms with E-state index in [0.717, 1.165) is 7.11 Å². The SMILES string of the molecule is CCOc1ccc(/C(O)=C2\C(=O)C(=O)N(c3ccccc3)[C@]2(O)C(=O)OC)cc1. The average Bonchev–Trinajstić information content (AvgIpc) is 2.94. The number of methoxy groups -OCH3 is 1. The summed E-state index contributed by atoms with van der Waals surface area (Å²) in [4.78, 5) is 38.5. The summed E-state index contributed by atoms with van der Waals surface area (Å²) in [6.07, 6.45) is 0. The molecule has 2 aromatic rings. The van der Waals surface area contributed by atoms with Gasteiger partial charge in [0.15, 0.2) is 0 Å². The van der Waals surface area contributed by atoms with Crippen molar-refractivity contribution in [1.29, 1.82) is 0 Å². The molecule has 1 aliphatic rings. The number of benzene rings is 2. The third kappa shape index (κ3) is 3.23. The van der Waals surface area contributed by atoms with Crippen molar-refractivity contribution in [2.75, 3.05) is 18.6 Å². The molecule has 1 amide bonds. The van der Waals surface area contributed by atoms with Gasteiger partial charge in [0.05, 0.1) is 13.7 Å². The zero-order chi connectivity index (χ0) is 21.2. The number of para-hydroxylation sites is 1. The van der Waals surface area contributed by atoms with Crippen LogP contribution < -0.4 is 9.64 Å². The van der Waals surface area contributed by atoms with Crippen LogP contribution in [0.3, 0.4) is 0 Å². The highest BCUT2D eigenvalue weighted by Crippen LogP contribution is 2.39. The lowest BCUT2D eigenvalue weighted by molar-refractivity contribution is -0.158. The van der Waals surface area contributed by atoms with Gasteiger partial charge in [0.2, 0.25) is 0 Å². The van der Waals surface area contributed by atoms with E-state index < -0.39 is 34.7 Å². The van der Waals surface area contributed by atoms with E-state index >= 15 is 0 Å². The van der Waals surface area contributed by atoms with Crippen molar-refractivity contribution in [3.8, 4) is 5.75 Å². The second kappa shape index (κ2) is 7.76. The van der Waals surface area contributed by atoms with E-state index in [1.165, 1.54) is 24.3 Å². The number of esters is 1. The van der Waals surface area contributed by atoms with Crippen LogP contribution in [0.25, 0.3) is 5.76 Å². The molecule has 29 heavy (non-hydrogen) atoms. The minimum absolute atomic E-state index is 0.0910. The molecule has 8 nitrogen and oxygen atoms in total. The highest BCUT2D eigenvalue weighted by atomic mass is 16.5. The van der Waals surface area contributed by atoms with Crippen LogP contribution in [0.5, 0.6) is 5.75 Å². The summed E-state index contributed by atoms with van der Waals surface area (Å²) in [5.41, 5.74) is -3.40. The molecule has 0 saturated carbocycles. The Balaban J connectivity index is 2.20. The van der Waals surface area contributed by atoms with E-state index in [9.17, 15) is 24.6 Å². The molecule has 0 bridgehead atoms. The van der Waals surface area contributed by atoms with Crippen LogP contribution in [-0.2, 0) is 19.1 Å². The number of hydrogen-bond acceptors (Lipinski definition) is 7. The van der Waals surface area contributed by atoms with Crippen LogP contribution >= 0.6 is 0 Å². The van der Waals surface area contributed by atoms with Crippen molar-refractivity contribution in [2.24, 2.45) is 0 Å². The number of carbonyl (C=O) groups excluding carboxylic acids is 3. The number of anilines is 1. The van der Waals surface area contributed by atoms with E-state index in [0.29, 0.717) is 17.3 Å². The first kappa shape index (κ1) is 20.1. The van der Waals surface area contributed by atoms with E-state index in [1.807, 2.05) is 6.92 Å². The fraction of sp³-hybridized carbons (Fsp3) is 0.190. The van der Waals surface area contributed by atoms with Crippen LogP contribution in [-0.4, -0.2) is 47.3 Å². The molecule has 0 aromatic heterocycles. The molecule has 2 aromatic carbocycles. The number of nitrogens with zero attached hydrogens (tertiary/aromatic N) is 1. The maximum atomic E-state index is 12.7. The summed E-state index contributed by atoms with van der Waals surface area (Å²) >= 11 is 0. The van der Waals surface area contributed by atoms with E-state index in [-0.39, 0.29) is 11.3 Å². The monoisotopic (exact) mass is 397 g/mol. The molecule has 1 aliphatic heterocycles. The summed E-state index contributed by atoms with van der Waals surface area (Å²) < 4.78 is 9.98. The molecule has 1 heterocycles. The molecule has 2 N–H and O–H groups in total. The van der Waals surface area contributed by atoms with Gasteiger partial charge in [-0.3, -0.25) is 14.5 Å². The normalized spacial score (nSPS) is 20.6. The van der Waals surface area contributed by atoms with Crippen LogP contribution in [0.1, 0.15) is 12.5 Å². The molecule has 0 radical (unpaired) electrons. The highest BCUT2D eigenvalue weighted by Gasteiger charge is 2.62. The Morgan fingerprint density at radius 3 is 2.24 bits per heavy atom. The van der Waals surface area contributed by atoms with Crippen molar-refractivity contribution < 1.29 is 34.1 Å². The van der Waals surface area contributed by atoms with Gasteiger partial charge in [0.1, 0.15) is 17.1 Å². The topological polar surface area (TPSA) is 113 Å². The van der Waals surface area contributed by atoms with E-state index in [4.69, 9.17) is 4.74 Å². The molecule has 1 atom stereocenters. The molecular weight excluding hydrogens is 378 g/mol. The van der Waals surface area contributed by atoms with Gasteiger partial charge in [0.25, 0.3) is 11.5 Å². The van der Waals surface area contributed by atoms with Gasteiger partial charge in [-0.25, -0.2) is 4.79 Å². The maximum Gasteiger partial charge on any atom is 0.365 e. The number of aliphatic hydroxyl groups excluding tert-OH is 1. The molecule has 8 heteroatoms. The second-order valence-electron chi connectivity index (χ2n) is 6.15. The van der Waals surface area contributed by atoms with E-state index in [2.05, 4.69) is 4.74 Å². The zero-order valence-electron chi connectivity index (χ0n) is 15.8. The Hall–Kier alpha value is -3.65. The third-order valence-electron chi connectivity index (χ3n) is 4.46. The molecule has 1 fully saturated rings. The Kier molecular flexibility index (Phi) is 5.38. The average molecular weight is 397 g/mol. The predicted octanol–water partition coefficient (Wildman–Crippen LogP) is 1.83. The van der Waals surface area contributed by atoms with Gasteiger partial charge in [-0.2, -0.15) is 0 Å². The molecule has 0 spiro atoms. The lowest BCUT2D eigenvalue weighted by Gasteiger charge is -2.30. The molecule has 150 valence electrons. The van der Waals surface area contributed by atoms with Gasteiger partial charge in [-0.15, -0.1) is 0 Å². The minimum atomic E-state index is -2.83. The largest absolute Gasteiger partial charge is 0.507 e. The number of carbonyl (C=O) groups is 3. The van der Waals surface area contributed by atoms with Crippen molar-refractivity contribution in [2.45, 2.75) is 12.6 Å². The van der Waals surface area contributed by atoms with Crippen LogP contribution in [0, 0.1) is 0 Å². The third-order valence-corrected chi connectivity index (χ3v) is 4.46. The molecule has 0 aliphatic carbocycles. The quantitative estimate of drug-likeness (QED) is 0.342. The maximum absolute atomic E-state index is 12.7. The number of amides is 1. The first-order valence-electron chi connectivity index (χ1n) is 8.77. The summed E-state index contributed by atoms with van der Waals surface area (Å²) in [7, 11) is 1.00. The van der Waals surface area contributed by atoms with Gasteiger partial charge in [0, 0.05) is 11.3 Å². The van der Waals surface area contributed by atoms with Crippen molar-refractivity contribution >= 4 is 29.1 Å². The summed E-state index contributed by atoms with van der Waals surface area (Å²) in [6.45, 7) is 2.25. The Morgan fingerprint density at radius 2 is 1.69 bits per heavy atom. The number of aliphatic hydroxyl groups is 2. The van der Waals surface area contributed by atoms with Gasteiger partial charge in [-0.05, 0) is 43.3 Å². The Morgan fingerprint density at radius 1 is 1.07 bits per heavy atom. The number of ketones is 1. The predicted molar refractivity (Wildman–Crippen MR) is 103 cm³/mol. The Labute approximate surface area is 166 Å². The number of ether oxygens (including phenoxy) is 2. The van der Waals surface area contributed by atoms with Crippen LogP contribution in [0.4, 0.5) is 5.69 Å². The lowest BCUT2D eigenvalue weighted by Crippen LogP contribution is -2.54. The Bertz CT molecular complexity index is 982. The fourth-order valence-electron chi connectivity index (χ4n) is 3.14. The standard InChI is InChI=1S/C21H19NO7/c1-3-29-15-11-9-13(10-12-15)17(23)16-18(24)19(25)22(14-7-5-4-6-8-14)21(16,27)20(26)28-2/h4-12,23,27H,3H2,1-2H3/b17-16-/t21-/m1/s1. The van der Waals surface area contributed by atoms with Crippen LogP contribution in [0.2, 0.25) is 0 Å². The van der Waals surface area contributed by atoms with Crippen LogP contribution in [0.15, 0.2) is 60.2 Å². The number of hydrogen-bond donors (Lipinski definition) is 2. The first-order valence-corrected chi connectivity index (χ1v) is 8.77. The zero-order valence-corrected chi connectivity index (χ0v) is 15.8. The minimum Gasteiger partial charge on any atom is -0.507 e. The second-order valence-corrected chi connectivity index (χ2v) is 6.15. The molecule has 1 saturated heterocycles. The summed E-state index contributed by atoms with van der Waals surface area (Å²) in [5.74, 6) is -3.85. The fourth-order valence-corrected chi connectivity index (χ4v) is 3.14.